The van der Waals surface area contributed by atoms with Gasteiger partial charge >= 0.3 is 5.97 Å². The molecule has 0 aliphatic carbocycles. The van der Waals surface area contributed by atoms with Crippen molar-refractivity contribution in [2.24, 2.45) is 0 Å². The Morgan fingerprint density at radius 1 is 1.56 bits per heavy atom. The van der Waals surface area contributed by atoms with Gasteiger partial charge in [0, 0.05) is 0 Å². The summed E-state index contributed by atoms with van der Waals surface area (Å²) in [6.45, 7) is 3.95. The maximum Gasteiger partial charge on any atom is 0.376 e. The number of aryl methyl sites for hydroxylation is 1. The highest BCUT2D eigenvalue weighted by molar-refractivity contribution is 7.14. The van der Waals surface area contributed by atoms with Crippen LogP contribution in [0.25, 0.3) is 10.8 Å². The van der Waals surface area contributed by atoms with Gasteiger partial charge < -0.3 is 9.15 Å². The third kappa shape index (κ3) is 2.42. The summed E-state index contributed by atoms with van der Waals surface area (Å²) in [5.41, 5.74) is 0.591. The van der Waals surface area contributed by atoms with Crippen LogP contribution in [-0.2, 0) is 11.2 Å². The molecule has 2 aromatic rings. The third-order valence-corrected chi connectivity index (χ3v) is 3.63. The number of rotatable bonds is 4. The fourth-order valence-electron chi connectivity index (χ4n) is 1.49. The molecule has 2 aromatic heterocycles. The van der Waals surface area contributed by atoms with Crippen LogP contribution in [0.15, 0.2) is 15.9 Å². The zero-order valence-electron chi connectivity index (χ0n) is 10.0. The van der Waals surface area contributed by atoms with Crippen LogP contribution in [0.5, 0.6) is 0 Å². The summed E-state index contributed by atoms with van der Waals surface area (Å²) < 4.78 is 10.4. The van der Waals surface area contributed by atoms with Gasteiger partial charge in [-0.2, -0.15) is 0 Å². The number of nitrogens with zero attached hydrogens (tertiary/aromatic N) is 1. The van der Waals surface area contributed by atoms with Crippen molar-refractivity contribution in [1.29, 1.82) is 0 Å². The van der Waals surface area contributed by atoms with Gasteiger partial charge in [0.15, 0.2) is 0 Å². The predicted molar refractivity (Wildman–Crippen MR) is 70.2 cm³/mol. The summed E-state index contributed by atoms with van der Waals surface area (Å²) >= 11 is 7.43. The van der Waals surface area contributed by atoms with Crippen molar-refractivity contribution in [2.75, 3.05) is 6.61 Å². The molecule has 0 unspecified atom stereocenters. The fraction of sp³-hybridized carbons (Fsp3) is 0.333. The molecule has 2 rings (SSSR count). The largest absolute Gasteiger partial charge is 0.460 e. The number of oxazole rings is 1. The van der Waals surface area contributed by atoms with Crippen LogP contribution in [0.4, 0.5) is 0 Å². The van der Waals surface area contributed by atoms with E-state index < -0.39 is 5.97 Å². The Hall–Kier alpha value is -1.33. The Bertz CT molecular complexity index is 561. The van der Waals surface area contributed by atoms with Crippen LogP contribution in [0.1, 0.15) is 30.1 Å². The molecule has 0 spiro atoms. The van der Waals surface area contributed by atoms with Crippen LogP contribution in [0, 0.1) is 0 Å². The molecule has 2 heterocycles. The normalized spacial score (nSPS) is 10.6. The molecule has 6 heteroatoms. The Morgan fingerprint density at radius 2 is 2.33 bits per heavy atom. The van der Waals surface area contributed by atoms with Gasteiger partial charge in [-0.15, -0.1) is 11.3 Å². The highest BCUT2D eigenvalue weighted by atomic mass is 35.5. The second-order valence-corrected chi connectivity index (χ2v) is 4.79. The van der Waals surface area contributed by atoms with Crippen molar-refractivity contribution in [3.8, 4) is 10.8 Å². The Labute approximate surface area is 114 Å². The lowest BCUT2D eigenvalue weighted by molar-refractivity contribution is 0.0489. The number of halogens is 1. The van der Waals surface area contributed by atoms with Crippen molar-refractivity contribution in [2.45, 2.75) is 20.3 Å². The molecule has 96 valence electrons. The number of ether oxygens (including phenoxy) is 1. The van der Waals surface area contributed by atoms with Gasteiger partial charge in [0.05, 0.1) is 17.3 Å². The molecule has 0 amide bonds. The second kappa shape index (κ2) is 5.54. The van der Waals surface area contributed by atoms with E-state index in [1.165, 1.54) is 11.3 Å². The van der Waals surface area contributed by atoms with Gasteiger partial charge in [-0.25, -0.2) is 9.78 Å². The van der Waals surface area contributed by atoms with Gasteiger partial charge in [-0.05, 0) is 24.8 Å². The minimum Gasteiger partial charge on any atom is -0.460 e. The zero-order valence-corrected chi connectivity index (χ0v) is 11.6. The van der Waals surface area contributed by atoms with E-state index >= 15 is 0 Å². The Morgan fingerprint density at radius 3 is 2.89 bits per heavy atom. The molecule has 0 fully saturated rings. The molecule has 0 atom stereocenters. The van der Waals surface area contributed by atoms with E-state index in [4.69, 9.17) is 20.8 Å². The quantitative estimate of drug-likeness (QED) is 0.802. The van der Waals surface area contributed by atoms with Gasteiger partial charge in [0.1, 0.15) is 4.88 Å². The molecule has 0 radical (unpaired) electrons. The van der Waals surface area contributed by atoms with E-state index in [2.05, 4.69) is 4.98 Å². The standard InChI is InChI=1S/C12H12ClNO3S/c1-3-8-9(12(15)16-4-2)17-11(14-8)10-7(13)5-6-18-10/h5-6H,3-4H2,1-2H3. The van der Waals surface area contributed by atoms with Crippen LogP contribution in [-0.4, -0.2) is 17.6 Å². The molecule has 0 N–H and O–H groups in total. The number of hydrogen-bond donors (Lipinski definition) is 0. The van der Waals surface area contributed by atoms with Gasteiger partial charge in [-0.1, -0.05) is 18.5 Å². The highest BCUT2D eigenvalue weighted by Gasteiger charge is 2.22. The van der Waals surface area contributed by atoms with E-state index in [1.54, 1.807) is 13.0 Å². The van der Waals surface area contributed by atoms with Gasteiger partial charge in [-0.3, -0.25) is 0 Å². The van der Waals surface area contributed by atoms with E-state index in [0.29, 0.717) is 29.6 Å². The van der Waals surface area contributed by atoms with Crippen LogP contribution >= 0.6 is 22.9 Å². The molecule has 0 saturated carbocycles. The van der Waals surface area contributed by atoms with Crippen molar-refractivity contribution in [3.63, 3.8) is 0 Å². The Balaban J connectivity index is 2.41. The van der Waals surface area contributed by atoms with Gasteiger partial charge in [0.25, 0.3) is 0 Å². The summed E-state index contributed by atoms with van der Waals surface area (Å²) in [5, 5.41) is 2.41. The highest BCUT2D eigenvalue weighted by Crippen LogP contribution is 2.33. The number of carbonyl (C=O) groups is 1. The summed E-state index contributed by atoms with van der Waals surface area (Å²) in [4.78, 5) is 16.7. The van der Waals surface area contributed by atoms with Crippen LogP contribution in [0.3, 0.4) is 0 Å². The first kappa shape index (κ1) is 13.1. The lowest BCUT2D eigenvalue weighted by Crippen LogP contribution is -2.05. The van der Waals surface area contributed by atoms with Crippen molar-refractivity contribution < 1.29 is 13.9 Å². The maximum absolute atomic E-state index is 11.7. The average Bonchev–Trinajstić information content (AvgIpc) is 2.94. The summed E-state index contributed by atoms with van der Waals surface area (Å²) in [5.74, 6) is 0.0505. The number of esters is 1. The number of carbonyl (C=O) groups excluding carboxylic acids is 1. The number of aromatic nitrogens is 1. The van der Waals surface area contributed by atoms with Gasteiger partial charge in [0.2, 0.25) is 11.7 Å². The van der Waals surface area contributed by atoms with E-state index in [9.17, 15) is 4.79 Å². The lowest BCUT2D eigenvalue weighted by atomic mass is 10.3. The fourth-order valence-corrected chi connectivity index (χ4v) is 2.55. The van der Waals surface area contributed by atoms with Crippen LogP contribution in [0.2, 0.25) is 5.02 Å². The van der Waals surface area contributed by atoms with E-state index in [-0.39, 0.29) is 5.76 Å². The lowest BCUT2D eigenvalue weighted by Gasteiger charge is -1.98. The van der Waals surface area contributed by atoms with Crippen LogP contribution < -0.4 is 0 Å². The molecular formula is C12H12ClNO3S. The molecule has 0 aliphatic rings. The van der Waals surface area contributed by atoms with E-state index in [1.807, 2.05) is 12.3 Å². The molecule has 0 aromatic carbocycles. The topological polar surface area (TPSA) is 52.3 Å². The minimum absolute atomic E-state index is 0.166. The molecule has 0 aliphatic heterocycles. The monoisotopic (exact) mass is 285 g/mol. The minimum atomic E-state index is -0.485. The average molecular weight is 286 g/mol. The smallest absolute Gasteiger partial charge is 0.376 e. The number of thiophene rings is 1. The molecule has 18 heavy (non-hydrogen) atoms. The van der Waals surface area contributed by atoms with Crippen molar-refractivity contribution >= 4 is 28.9 Å². The van der Waals surface area contributed by atoms with E-state index in [0.717, 1.165) is 4.88 Å². The number of hydrogen-bond acceptors (Lipinski definition) is 5. The van der Waals surface area contributed by atoms with Crippen molar-refractivity contribution in [3.05, 3.63) is 27.9 Å². The first-order chi connectivity index (χ1) is 8.67. The second-order valence-electron chi connectivity index (χ2n) is 3.47. The third-order valence-electron chi connectivity index (χ3n) is 2.30. The summed E-state index contributed by atoms with van der Waals surface area (Å²) in [7, 11) is 0. The molecule has 0 saturated heterocycles. The summed E-state index contributed by atoms with van der Waals surface area (Å²) in [6.07, 6.45) is 0.598. The first-order valence-corrected chi connectivity index (χ1v) is 6.83. The summed E-state index contributed by atoms with van der Waals surface area (Å²) in [6, 6.07) is 1.77. The maximum atomic E-state index is 11.7. The SMILES string of the molecule is CCOC(=O)c1oc(-c2sccc2Cl)nc1CC. The molecule has 0 bridgehead atoms. The predicted octanol–water partition coefficient (Wildman–Crippen LogP) is 3.80. The molecular weight excluding hydrogens is 274 g/mol. The Kier molecular flexibility index (Phi) is 4.04. The van der Waals surface area contributed by atoms with Crippen molar-refractivity contribution in [1.82, 2.24) is 4.98 Å². The first-order valence-electron chi connectivity index (χ1n) is 5.57. The zero-order chi connectivity index (χ0) is 13.1. The molecule has 4 nitrogen and oxygen atoms in total.